The number of carbonyl (C=O) groups excluding carboxylic acids is 1. The summed E-state index contributed by atoms with van der Waals surface area (Å²) < 4.78 is 0.224. The maximum atomic E-state index is 12.1. The maximum absolute atomic E-state index is 12.1. The molecule has 0 atom stereocenters. The Morgan fingerprint density at radius 3 is 2.85 bits per heavy atom. The van der Waals surface area contributed by atoms with Gasteiger partial charge in [0.2, 0.25) is 0 Å². The summed E-state index contributed by atoms with van der Waals surface area (Å²) in [4.78, 5) is 24.2. The number of nitrogens with zero attached hydrogens (tertiary/aromatic N) is 1. The van der Waals surface area contributed by atoms with Gasteiger partial charge in [0.15, 0.2) is 0 Å². The van der Waals surface area contributed by atoms with Crippen LogP contribution in [0.3, 0.4) is 0 Å². The third-order valence-electron chi connectivity index (χ3n) is 2.80. The second-order valence-electron chi connectivity index (χ2n) is 4.15. The van der Waals surface area contributed by atoms with Crippen LogP contribution in [-0.2, 0) is 9.59 Å². The molecule has 0 aromatic heterocycles. The van der Waals surface area contributed by atoms with Gasteiger partial charge in [-0.2, -0.15) is 0 Å². The third kappa shape index (κ3) is 2.83. The van der Waals surface area contributed by atoms with Crippen molar-refractivity contribution in [2.45, 2.75) is 6.92 Å². The van der Waals surface area contributed by atoms with Crippen LogP contribution in [0.1, 0.15) is 11.1 Å². The minimum Gasteiger partial charge on any atom is -0.508 e. The molecule has 0 bridgehead atoms. The molecule has 1 heterocycles. The van der Waals surface area contributed by atoms with Crippen LogP contribution in [0.2, 0.25) is 0 Å². The lowest BCUT2D eigenvalue weighted by molar-refractivity contribution is -0.140. The Morgan fingerprint density at radius 1 is 1.50 bits per heavy atom. The lowest BCUT2D eigenvalue weighted by Gasteiger charge is -2.10. The summed E-state index contributed by atoms with van der Waals surface area (Å²) in [7, 11) is 0. The number of hydrogen-bond acceptors (Lipinski definition) is 5. The molecular formula is C13H11NO4S2. The molecule has 20 heavy (non-hydrogen) atoms. The molecule has 1 aromatic carbocycles. The summed E-state index contributed by atoms with van der Waals surface area (Å²) in [5.74, 6) is -1.40. The largest absolute Gasteiger partial charge is 0.508 e. The SMILES string of the molecule is Cc1c(O)cccc1/C=C1/SC(=S)N(CC(=O)O)C1=O. The molecule has 0 aliphatic carbocycles. The highest BCUT2D eigenvalue weighted by Gasteiger charge is 2.33. The van der Waals surface area contributed by atoms with Gasteiger partial charge in [-0.15, -0.1) is 0 Å². The van der Waals surface area contributed by atoms with Crippen molar-refractivity contribution in [3.63, 3.8) is 0 Å². The van der Waals surface area contributed by atoms with Crippen LogP contribution in [0.25, 0.3) is 6.08 Å². The zero-order valence-electron chi connectivity index (χ0n) is 10.5. The van der Waals surface area contributed by atoms with E-state index < -0.39 is 18.4 Å². The standard InChI is InChI=1S/C13H11NO4S2/c1-7-8(3-2-4-9(7)15)5-10-12(18)14(6-11(16)17)13(19)20-10/h2-5,15H,6H2,1H3,(H,16,17)/b10-5+. The fraction of sp³-hybridized carbons (Fsp3) is 0.154. The number of rotatable bonds is 3. The number of thioether (sulfide) groups is 1. The van der Waals surface area contributed by atoms with E-state index in [2.05, 4.69) is 0 Å². The van der Waals surface area contributed by atoms with Gasteiger partial charge in [-0.1, -0.05) is 36.1 Å². The number of carbonyl (C=O) groups is 2. The van der Waals surface area contributed by atoms with Crippen molar-refractivity contribution in [2.75, 3.05) is 6.54 Å². The van der Waals surface area contributed by atoms with E-state index in [1.807, 2.05) is 0 Å². The Labute approximate surface area is 124 Å². The van der Waals surface area contributed by atoms with E-state index in [1.54, 1.807) is 31.2 Å². The van der Waals surface area contributed by atoms with Crippen molar-refractivity contribution in [3.05, 3.63) is 34.2 Å². The zero-order valence-corrected chi connectivity index (χ0v) is 12.1. The molecule has 0 spiro atoms. The van der Waals surface area contributed by atoms with Crippen LogP contribution in [0, 0.1) is 6.92 Å². The Morgan fingerprint density at radius 2 is 2.20 bits per heavy atom. The normalized spacial score (nSPS) is 17.1. The molecule has 1 aliphatic rings. The van der Waals surface area contributed by atoms with Crippen LogP contribution in [0.4, 0.5) is 0 Å². The Bertz CT molecular complexity index is 639. The van der Waals surface area contributed by atoms with E-state index in [-0.39, 0.29) is 10.1 Å². The topological polar surface area (TPSA) is 77.8 Å². The van der Waals surface area contributed by atoms with Crippen LogP contribution in [0.15, 0.2) is 23.1 Å². The molecule has 2 N–H and O–H groups in total. The van der Waals surface area contributed by atoms with Gasteiger partial charge in [0.1, 0.15) is 16.6 Å². The smallest absolute Gasteiger partial charge is 0.323 e. The highest BCUT2D eigenvalue weighted by molar-refractivity contribution is 8.26. The molecule has 2 rings (SSSR count). The molecule has 0 saturated carbocycles. The first-order chi connectivity index (χ1) is 9.40. The summed E-state index contributed by atoms with van der Waals surface area (Å²) in [6.45, 7) is 1.29. The van der Waals surface area contributed by atoms with Crippen LogP contribution >= 0.6 is 24.0 Å². The molecule has 0 unspecified atom stereocenters. The van der Waals surface area contributed by atoms with Crippen LogP contribution in [-0.4, -0.2) is 37.9 Å². The first-order valence-corrected chi connectivity index (χ1v) is 6.88. The molecular weight excluding hydrogens is 298 g/mol. The molecule has 1 aliphatic heterocycles. The monoisotopic (exact) mass is 309 g/mol. The number of carboxylic acid groups (broad SMARTS) is 1. The van der Waals surface area contributed by atoms with Gasteiger partial charge >= 0.3 is 5.97 Å². The third-order valence-corrected chi connectivity index (χ3v) is 4.18. The average Bonchev–Trinajstić information content (AvgIpc) is 2.62. The molecule has 7 heteroatoms. The van der Waals surface area contributed by atoms with Gasteiger partial charge in [-0.25, -0.2) is 0 Å². The summed E-state index contributed by atoms with van der Waals surface area (Å²) in [5.41, 5.74) is 1.34. The number of aliphatic carboxylic acids is 1. The fourth-order valence-electron chi connectivity index (χ4n) is 1.71. The minimum absolute atomic E-state index is 0.139. The first-order valence-electron chi connectivity index (χ1n) is 5.66. The average molecular weight is 309 g/mol. The maximum Gasteiger partial charge on any atom is 0.323 e. The van der Waals surface area contributed by atoms with Crippen LogP contribution in [0.5, 0.6) is 5.75 Å². The Balaban J connectivity index is 2.32. The molecule has 104 valence electrons. The molecule has 5 nitrogen and oxygen atoms in total. The van der Waals surface area contributed by atoms with Crippen molar-refractivity contribution < 1.29 is 19.8 Å². The van der Waals surface area contributed by atoms with Gasteiger partial charge in [0.05, 0.1) is 4.91 Å². The Hall–Kier alpha value is -1.86. The molecule has 1 aromatic rings. The van der Waals surface area contributed by atoms with Crippen molar-refractivity contribution in [1.82, 2.24) is 4.90 Å². The minimum atomic E-state index is -1.11. The van der Waals surface area contributed by atoms with E-state index in [0.717, 1.165) is 16.7 Å². The molecule has 1 saturated heterocycles. The van der Waals surface area contributed by atoms with E-state index in [9.17, 15) is 14.7 Å². The molecule has 1 fully saturated rings. The number of benzene rings is 1. The molecule has 0 radical (unpaired) electrons. The fourth-order valence-corrected chi connectivity index (χ4v) is 2.96. The number of carboxylic acids is 1. The summed E-state index contributed by atoms with van der Waals surface area (Å²) in [5, 5.41) is 18.4. The van der Waals surface area contributed by atoms with E-state index in [0.29, 0.717) is 16.0 Å². The lowest BCUT2D eigenvalue weighted by Crippen LogP contribution is -2.33. The lowest BCUT2D eigenvalue weighted by atomic mass is 10.1. The van der Waals surface area contributed by atoms with Crippen molar-refractivity contribution in [1.29, 1.82) is 0 Å². The summed E-state index contributed by atoms with van der Waals surface area (Å²) in [6.07, 6.45) is 1.61. The van der Waals surface area contributed by atoms with Gasteiger partial charge in [0.25, 0.3) is 5.91 Å². The first kappa shape index (κ1) is 14.5. The van der Waals surface area contributed by atoms with Crippen molar-refractivity contribution in [2.24, 2.45) is 0 Å². The van der Waals surface area contributed by atoms with Gasteiger partial charge in [-0.05, 0) is 30.2 Å². The van der Waals surface area contributed by atoms with Crippen molar-refractivity contribution >= 4 is 46.3 Å². The molecule has 1 amide bonds. The van der Waals surface area contributed by atoms with Gasteiger partial charge < -0.3 is 10.2 Å². The number of aromatic hydroxyl groups is 1. The predicted molar refractivity (Wildman–Crippen MR) is 80.4 cm³/mol. The van der Waals surface area contributed by atoms with E-state index in [4.69, 9.17) is 17.3 Å². The van der Waals surface area contributed by atoms with E-state index in [1.165, 1.54) is 0 Å². The summed E-state index contributed by atoms with van der Waals surface area (Å²) >= 11 is 6.06. The summed E-state index contributed by atoms with van der Waals surface area (Å²) in [6, 6.07) is 4.99. The number of phenolic OH excluding ortho intramolecular Hbond substituents is 1. The predicted octanol–water partition coefficient (Wildman–Crippen LogP) is 1.99. The van der Waals surface area contributed by atoms with E-state index >= 15 is 0 Å². The van der Waals surface area contributed by atoms with Gasteiger partial charge in [0, 0.05) is 0 Å². The Kier molecular flexibility index (Phi) is 4.10. The highest BCUT2D eigenvalue weighted by atomic mass is 32.2. The zero-order chi connectivity index (χ0) is 14.9. The quantitative estimate of drug-likeness (QED) is 0.657. The number of amides is 1. The highest BCUT2D eigenvalue weighted by Crippen LogP contribution is 2.33. The number of hydrogen-bond donors (Lipinski definition) is 2. The van der Waals surface area contributed by atoms with Crippen LogP contribution < -0.4 is 0 Å². The van der Waals surface area contributed by atoms with Gasteiger partial charge in [-0.3, -0.25) is 14.5 Å². The number of phenols is 1. The second kappa shape index (κ2) is 5.64. The number of thiocarbonyl (C=S) groups is 1. The second-order valence-corrected chi connectivity index (χ2v) is 5.83. The van der Waals surface area contributed by atoms with Crippen molar-refractivity contribution in [3.8, 4) is 5.75 Å².